The molecule has 4 heteroatoms. The standard InChI is InChI=1S/C18H20BrClN2/c19-14-7-5-13(6-8-14)18(16-3-1-2-4-17(16)20)22-11-9-15(21)10-12-22/h1-8,15,18H,9-12,21H2. The Kier molecular flexibility index (Phi) is 5.19. The molecule has 3 rings (SSSR count). The Morgan fingerprint density at radius 1 is 1.05 bits per heavy atom. The van der Waals surface area contributed by atoms with E-state index in [1.54, 1.807) is 0 Å². The molecule has 2 aromatic rings. The highest BCUT2D eigenvalue weighted by atomic mass is 79.9. The number of piperidine rings is 1. The third kappa shape index (κ3) is 3.54. The summed E-state index contributed by atoms with van der Waals surface area (Å²) in [6.07, 6.45) is 2.08. The minimum absolute atomic E-state index is 0.189. The van der Waals surface area contributed by atoms with Crippen LogP contribution in [0.15, 0.2) is 53.0 Å². The highest BCUT2D eigenvalue weighted by molar-refractivity contribution is 9.10. The summed E-state index contributed by atoms with van der Waals surface area (Å²) < 4.78 is 1.09. The van der Waals surface area contributed by atoms with Crippen LogP contribution in [0.1, 0.15) is 30.0 Å². The SMILES string of the molecule is NC1CCN(C(c2ccc(Br)cc2)c2ccccc2Cl)CC1. The average Bonchev–Trinajstić information content (AvgIpc) is 2.53. The van der Waals surface area contributed by atoms with Crippen molar-refractivity contribution in [2.75, 3.05) is 13.1 Å². The molecule has 2 aromatic carbocycles. The number of hydrogen-bond acceptors (Lipinski definition) is 2. The van der Waals surface area contributed by atoms with Crippen molar-refractivity contribution >= 4 is 27.5 Å². The van der Waals surface area contributed by atoms with Crippen LogP contribution >= 0.6 is 27.5 Å². The molecule has 1 atom stereocenters. The second-order valence-electron chi connectivity index (χ2n) is 5.85. The fourth-order valence-electron chi connectivity index (χ4n) is 3.11. The Bertz CT molecular complexity index is 621. The van der Waals surface area contributed by atoms with Crippen LogP contribution in [-0.2, 0) is 0 Å². The van der Waals surface area contributed by atoms with E-state index in [0.29, 0.717) is 6.04 Å². The van der Waals surface area contributed by atoms with Crippen molar-refractivity contribution in [1.29, 1.82) is 0 Å². The second-order valence-corrected chi connectivity index (χ2v) is 7.17. The van der Waals surface area contributed by atoms with Gasteiger partial charge >= 0.3 is 0 Å². The van der Waals surface area contributed by atoms with Crippen molar-refractivity contribution in [3.63, 3.8) is 0 Å². The monoisotopic (exact) mass is 378 g/mol. The number of hydrogen-bond donors (Lipinski definition) is 1. The quantitative estimate of drug-likeness (QED) is 0.843. The largest absolute Gasteiger partial charge is 0.328 e. The molecular formula is C18H20BrClN2. The molecule has 2 nitrogen and oxygen atoms in total. The number of benzene rings is 2. The molecule has 0 amide bonds. The van der Waals surface area contributed by atoms with E-state index in [2.05, 4.69) is 57.2 Å². The fourth-order valence-corrected chi connectivity index (χ4v) is 3.61. The summed E-state index contributed by atoms with van der Waals surface area (Å²) >= 11 is 10.0. The number of nitrogens with zero attached hydrogens (tertiary/aromatic N) is 1. The smallest absolute Gasteiger partial charge is 0.0616 e. The maximum absolute atomic E-state index is 6.49. The van der Waals surface area contributed by atoms with Gasteiger partial charge in [0.15, 0.2) is 0 Å². The minimum Gasteiger partial charge on any atom is -0.328 e. The molecule has 116 valence electrons. The lowest BCUT2D eigenvalue weighted by atomic mass is 9.94. The first kappa shape index (κ1) is 16.0. The number of nitrogens with two attached hydrogens (primary N) is 1. The van der Waals surface area contributed by atoms with Gasteiger partial charge in [-0.2, -0.15) is 0 Å². The van der Waals surface area contributed by atoms with Gasteiger partial charge in [-0.25, -0.2) is 0 Å². The Morgan fingerprint density at radius 2 is 1.68 bits per heavy atom. The summed E-state index contributed by atoms with van der Waals surface area (Å²) in [6.45, 7) is 2.01. The van der Waals surface area contributed by atoms with E-state index in [0.717, 1.165) is 35.4 Å². The molecule has 0 aromatic heterocycles. The van der Waals surface area contributed by atoms with Crippen LogP contribution in [0.3, 0.4) is 0 Å². The van der Waals surface area contributed by atoms with E-state index in [9.17, 15) is 0 Å². The van der Waals surface area contributed by atoms with Crippen LogP contribution < -0.4 is 5.73 Å². The molecular weight excluding hydrogens is 360 g/mol. The van der Waals surface area contributed by atoms with E-state index in [1.165, 1.54) is 11.1 Å². The van der Waals surface area contributed by atoms with Gasteiger partial charge in [-0.05, 0) is 42.2 Å². The maximum atomic E-state index is 6.49. The lowest BCUT2D eigenvalue weighted by Crippen LogP contribution is -2.42. The summed E-state index contributed by atoms with van der Waals surface area (Å²) in [7, 11) is 0. The Hall–Kier alpha value is -0.870. The third-order valence-electron chi connectivity index (χ3n) is 4.32. The molecule has 0 saturated carbocycles. The normalized spacial score (nSPS) is 18.3. The van der Waals surface area contributed by atoms with E-state index < -0.39 is 0 Å². The molecule has 2 N–H and O–H groups in total. The molecule has 1 fully saturated rings. The average molecular weight is 380 g/mol. The van der Waals surface area contributed by atoms with Crippen molar-refractivity contribution < 1.29 is 0 Å². The Balaban J connectivity index is 1.98. The van der Waals surface area contributed by atoms with Crippen LogP contribution in [-0.4, -0.2) is 24.0 Å². The number of rotatable bonds is 3. The zero-order chi connectivity index (χ0) is 15.5. The van der Waals surface area contributed by atoms with E-state index in [-0.39, 0.29) is 6.04 Å². The van der Waals surface area contributed by atoms with Crippen LogP contribution in [0.5, 0.6) is 0 Å². The van der Waals surface area contributed by atoms with Gasteiger partial charge in [0.1, 0.15) is 0 Å². The van der Waals surface area contributed by atoms with Crippen LogP contribution in [0.25, 0.3) is 0 Å². The minimum atomic E-state index is 0.189. The van der Waals surface area contributed by atoms with E-state index in [4.69, 9.17) is 17.3 Å². The summed E-state index contributed by atoms with van der Waals surface area (Å²) in [5, 5.41) is 0.824. The fraction of sp³-hybridized carbons (Fsp3) is 0.333. The summed E-state index contributed by atoms with van der Waals surface area (Å²) in [5.41, 5.74) is 8.50. The van der Waals surface area contributed by atoms with Crippen LogP contribution in [0, 0.1) is 0 Å². The van der Waals surface area contributed by atoms with E-state index in [1.807, 2.05) is 12.1 Å². The van der Waals surface area contributed by atoms with Crippen molar-refractivity contribution in [3.05, 3.63) is 69.2 Å². The van der Waals surface area contributed by atoms with Gasteiger partial charge in [0, 0.05) is 28.6 Å². The lowest BCUT2D eigenvalue weighted by molar-refractivity contribution is 0.175. The molecule has 0 spiro atoms. The van der Waals surface area contributed by atoms with Gasteiger partial charge in [0.05, 0.1) is 6.04 Å². The van der Waals surface area contributed by atoms with Gasteiger partial charge < -0.3 is 5.73 Å². The first-order chi connectivity index (χ1) is 10.6. The molecule has 1 saturated heterocycles. The zero-order valence-electron chi connectivity index (χ0n) is 12.4. The van der Waals surface area contributed by atoms with Crippen LogP contribution in [0.4, 0.5) is 0 Å². The number of likely N-dealkylation sites (tertiary alicyclic amines) is 1. The van der Waals surface area contributed by atoms with E-state index >= 15 is 0 Å². The molecule has 1 aliphatic rings. The van der Waals surface area contributed by atoms with Crippen molar-refractivity contribution in [2.24, 2.45) is 5.73 Å². The molecule has 0 radical (unpaired) electrons. The maximum Gasteiger partial charge on any atom is 0.0616 e. The van der Waals surface area contributed by atoms with Gasteiger partial charge in [-0.3, -0.25) is 4.90 Å². The third-order valence-corrected chi connectivity index (χ3v) is 5.20. The van der Waals surface area contributed by atoms with Gasteiger partial charge in [-0.15, -0.1) is 0 Å². The second kappa shape index (κ2) is 7.14. The van der Waals surface area contributed by atoms with Crippen molar-refractivity contribution in [3.8, 4) is 0 Å². The summed E-state index contributed by atoms with van der Waals surface area (Å²) in [4.78, 5) is 2.49. The predicted molar refractivity (Wildman–Crippen MR) is 96.2 cm³/mol. The highest BCUT2D eigenvalue weighted by Crippen LogP contribution is 2.35. The molecule has 0 bridgehead atoms. The molecule has 22 heavy (non-hydrogen) atoms. The summed E-state index contributed by atoms with van der Waals surface area (Å²) in [5.74, 6) is 0. The van der Waals surface area contributed by atoms with Crippen molar-refractivity contribution in [1.82, 2.24) is 4.90 Å². The molecule has 0 aliphatic carbocycles. The van der Waals surface area contributed by atoms with Gasteiger partial charge in [-0.1, -0.05) is 57.9 Å². The summed E-state index contributed by atoms with van der Waals surface area (Å²) in [6, 6.07) is 17.2. The topological polar surface area (TPSA) is 29.3 Å². The first-order valence-electron chi connectivity index (χ1n) is 7.64. The molecule has 1 aliphatic heterocycles. The van der Waals surface area contributed by atoms with Crippen molar-refractivity contribution in [2.45, 2.75) is 24.9 Å². The molecule has 1 unspecified atom stereocenters. The van der Waals surface area contributed by atoms with Gasteiger partial charge in [0.2, 0.25) is 0 Å². The number of halogens is 2. The Morgan fingerprint density at radius 3 is 2.32 bits per heavy atom. The zero-order valence-corrected chi connectivity index (χ0v) is 14.7. The molecule has 1 heterocycles. The lowest BCUT2D eigenvalue weighted by Gasteiger charge is -2.37. The van der Waals surface area contributed by atoms with Crippen LogP contribution in [0.2, 0.25) is 5.02 Å². The first-order valence-corrected chi connectivity index (χ1v) is 8.82. The van der Waals surface area contributed by atoms with Gasteiger partial charge in [0.25, 0.3) is 0 Å². The predicted octanol–water partition coefficient (Wildman–Crippen LogP) is 4.62. The Labute approximate surface area is 145 Å². The highest BCUT2D eigenvalue weighted by Gasteiger charge is 2.27.